The van der Waals surface area contributed by atoms with E-state index in [9.17, 15) is 4.79 Å². The fraction of sp³-hybridized carbons (Fsp3) is 0.583. The van der Waals surface area contributed by atoms with Gasteiger partial charge in [-0.2, -0.15) is 0 Å². The predicted molar refractivity (Wildman–Crippen MR) is 70.1 cm³/mol. The lowest BCUT2D eigenvalue weighted by Crippen LogP contribution is -2.31. The molecule has 0 saturated heterocycles. The second-order valence-electron chi connectivity index (χ2n) is 3.71. The molecule has 0 saturated carbocycles. The summed E-state index contributed by atoms with van der Waals surface area (Å²) in [6.07, 6.45) is 0.863. The number of amides is 1. The van der Waals surface area contributed by atoms with Gasteiger partial charge in [0.05, 0.1) is 10.6 Å². The first-order valence-electron chi connectivity index (χ1n) is 5.73. The van der Waals surface area contributed by atoms with Crippen LogP contribution in [0.3, 0.4) is 0 Å². The Morgan fingerprint density at radius 1 is 1.31 bits per heavy atom. The molecule has 3 nitrogen and oxygen atoms in total. The van der Waals surface area contributed by atoms with Crippen LogP contribution in [0.15, 0.2) is 0 Å². The number of carbonyl (C=O) groups is 1. The van der Waals surface area contributed by atoms with Gasteiger partial charge in [-0.3, -0.25) is 4.79 Å². The Labute approximate surface area is 101 Å². The van der Waals surface area contributed by atoms with Crippen LogP contribution in [0.4, 0.5) is 5.00 Å². The van der Waals surface area contributed by atoms with Crippen molar-refractivity contribution in [2.45, 2.75) is 34.1 Å². The van der Waals surface area contributed by atoms with E-state index in [0.717, 1.165) is 35.5 Å². The largest absolute Gasteiger partial charge is 0.390 e. The van der Waals surface area contributed by atoms with Crippen LogP contribution in [0.2, 0.25) is 0 Å². The predicted octanol–water partition coefficient (Wildman–Crippen LogP) is 2.68. The summed E-state index contributed by atoms with van der Waals surface area (Å²) >= 11 is 1.52. The van der Waals surface area contributed by atoms with Gasteiger partial charge in [0.1, 0.15) is 0 Å². The Kier molecular flexibility index (Phi) is 4.35. The molecule has 1 rings (SSSR count). The number of thiophene rings is 1. The second kappa shape index (κ2) is 5.34. The highest BCUT2D eigenvalue weighted by Crippen LogP contribution is 2.31. The van der Waals surface area contributed by atoms with Gasteiger partial charge in [0.25, 0.3) is 5.91 Å². The van der Waals surface area contributed by atoms with E-state index < -0.39 is 0 Å². The zero-order valence-corrected chi connectivity index (χ0v) is 11.3. The third-order valence-corrected chi connectivity index (χ3v) is 3.83. The molecular weight excluding hydrogens is 220 g/mol. The standard InChI is InChI=1S/C12H20N2OS/c1-5-9-8(4)16-11(13)10(9)12(15)14(6-2)7-3/h5-7,13H2,1-4H3. The van der Waals surface area contributed by atoms with Gasteiger partial charge in [-0.15, -0.1) is 11.3 Å². The lowest BCUT2D eigenvalue weighted by molar-refractivity contribution is 0.0773. The van der Waals surface area contributed by atoms with Crippen molar-refractivity contribution < 1.29 is 4.79 Å². The fourth-order valence-corrected chi connectivity index (χ4v) is 2.94. The van der Waals surface area contributed by atoms with Gasteiger partial charge in [0, 0.05) is 18.0 Å². The van der Waals surface area contributed by atoms with Crippen LogP contribution in [0, 0.1) is 6.92 Å². The molecule has 1 aromatic rings. The van der Waals surface area contributed by atoms with E-state index in [-0.39, 0.29) is 5.91 Å². The molecule has 2 N–H and O–H groups in total. The number of nitrogen functional groups attached to an aromatic ring is 1. The van der Waals surface area contributed by atoms with E-state index in [2.05, 4.69) is 6.92 Å². The molecule has 0 aliphatic heterocycles. The molecule has 0 spiro atoms. The van der Waals surface area contributed by atoms with Crippen molar-refractivity contribution in [3.8, 4) is 0 Å². The molecule has 0 radical (unpaired) electrons. The van der Waals surface area contributed by atoms with Crippen molar-refractivity contribution in [1.82, 2.24) is 4.90 Å². The maximum absolute atomic E-state index is 12.3. The number of hydrogen-bond acceptors (Lipinski definition) is 3. The molecule has 0 unspecified atom stereocenters. The Balaban J connectivity index is 3.16. The zero-order valence-electron chi connectivity index (χ0n) is 10.5. The Bertz CT molecular complexity index is 381. The maximum Gasteiger partial charge on any atom is 0.257 e. The number of carbonyl (C=O) groups excluding carboxylic acids is 1. The average molecular weight is 240 g/mol. The monoisotopic (exact) mass is 240 g/mol. The molecule has 1 heterocycles. The van der Waals surface area contributed by atoms with Crippen LogP contribution in [-0.2, 0) is 6.42 Å². The Morgan fingerprint density at radius 2 is 1.88 bits per heavy atom. The number of aryl methyl sites for hydroxylation is 1. The number of nitrogens with zero attached hydrogens (tertiary/aromatic N) is 1. The van der Waals surface area contributed by atoms with E-state index in [1.807, 2.05) is 25.7 Å². The first kappa shape index (κ1) is 13.0. The van der Waals surface area contributed by atoms with E-state index in [1.165, 1.54) is 11.3 Å². The summed E-state index contributed by atoms with van der Waals surface area (Å²) < 4.78 is 0. The topological polar surface area (TPSA) is 46.3 Å². The van der Waals surface area contributed by atoms with Gasteiger partial charge in [0.2, 0.25) is 0 Å². The van der Waals surface area contributed by atoms with Gasteiger partial charge in [-0.25, -0.2) is 0 Å². The highest BCUT2D eigenvalue weighted by molar-refractivity contribution is 7.16. The number of nitrogens with two attached hydrogens (primary N) is 1. The number of rotatable bonds is 4. The van der Waals surface area contributed by atoms with Gasteiger partial charge >= 0.3 is 0 Å². The molecule has 0 aromatic carbocycles. The minimum absolute atomic E-state index is 0.0729. The molecule has 4 heteroatoms. The van der Waals surface area contributed by atoms with Crippen LogP contribution >= 0.6 is 11.3 Å². The maximum atomic E-state index is 12.3. The van der Waals surface area contributed by atoms with Crippen molar-refractivity contribution in [3.63, 3.8) is 0 Å². The van der Waals surface area contributed by atoms with Crippen molar-refractivity contribution in [3.05, 3.63) is 16.0 Å². The van der Waals surface area contributed by atoms with E-state index in [4.69, 9.17) is 5.73 Å². The molecule has 0 bridgehead atoms. The minimum atomic E-state index is 0.0729. The van der Waals surface area contributed by atoms with Crippen molar-refractivity contribution >= 4 is 22.2 Å². The number of hydrogen-bond donors (Lipinski definition) is 1. The normalized spacial score (nSPS) is 10.5. The lowest BCUT2D eigenvalue weighted by Gasteiger charge is -2.19. The molecule has 90 valence electrons. The summed E-state index contributed by atoms with van der Waals surface area (Å²) in [7, 11) is 0. The molecule has 16 heavy (non-hydrogen) atoms. The number of anilines is 1. The summed E-state index contributed by atoms with van der Waals surface area (Å²) in [4.78, 5) is 15.3. The molecule has 0 atom stereocenters. The molecule has 0 aliphatic carbocycles. The Hall–Kier alpha value is -1.03. The first-order chi connectivity index (χ1) is 7.56. The molecular formula is C12H20N2OS. The lowest BCUT2D eigenvalue weighted by atomic mass is 10.1. The summed E-state index contributed by atoms with van der Waals surface area (Å²) in [6, 6.07) is 0. The smallest absolute Gasteiger partial charge is 0.257 e. The van der Waals surface area contributed by atoms with Crippen LogP contribution in [0.1, 0.15) is 41.6 Å². The van der Waals surface area contributed by atoms with Crippen LogP contribution < -0.4 is 5.73 Å². The molecule has 0 aliphatic rings. The minimum Gasteiger partial charge on any atom is -0.390 e. The van der Waals surface area contributed by atoms with Gasteiger partial charge in [-0.1, -0.05) is 6.92 Å². The fourth-order valence-electron chi connectivity index (χ4n) is 1.93. The molecule has 1 amide bonds. The van der Waals surface area contributed by atoms with Gasteiger partial charge in [0.15, 0.2) is 0 Å². The van der Waals surface area contributed by atoms with Crippen molar-refractivity contribution in [2.24, 2.45) is 0 Å². The van der Waals surface area contributed by atoms with E-state index in [1.54, 1.807) is 0 Å². The van der Waals surface area contributed by atoms with Crippen molar-refractivity contribution in [1.29, 1.82) is 0 Å². The van der Waals surface area contributed by atoms with Crippen LogP contribution in [0.25, 0.3) is 0 Å². The zero-order chi connectivity index (χ0) is 12.3. The molecule has 1 aromatic heterocycles. The highest BCUT2D eigenvalue weighted by Gasteiger charge is 2.22. The summed E-state index contributed by atoms with van der Waals surface area (Å²) in [6.45, 7) is 9.52. The molecule has 0 fully saturated rings. The summed E-state index contributed by atoms with van der Waals surface area (Å²) in [5.41, 5.74) is 7.78. The summed E-state index contributed by atoms with van der Waals surface area (Å²) in [5.74, 6) is 0.0729. The highest BCUT2D eigenvalue weighted by atomic mass is 32.1. The SMILES string of the molecule is CCc1c(C)sc(N)c1C(=O)N(CC)CC. The second-order valence-corrected chi connectivity index (χ2v) is 4.96. The van der Waals surface area contributed by atoms with Gasteiger partial charge < -0.3 is 10.6 Å². The van der Waals surface area contributed by atoms with E-state index >= 15 is 0 Å². The quantitative estimate of drug-likeness (QED) is 0.879. The third kappa shape index (κ3) is 2.21. The van der Waals surface area contributed by atoms with E-state index in [0.29, 0.717) is 5.00 Å². The van der Waals surface area contributed by atoms with Gasteiger partial charge in [-0.05, 0) is 32.8 Å². The van der Waals surface area contributed by atoms with Crippen LogP contribution in [-0.4, -0.2) is 23.9 Å². The van der Waals surface area contributed by atoms with Crippen molar-refractivity contribution in [2.75, 3.05) is 18.8 Å². The summed E-state index contributed by atoms with van der Waals surface area (Å²) in [5, 5.41) is 0.659. The first-order valence-corrected chi connectivity index (χ1v) is 6.55. The average Bonchev–Trinajstić information content (AvgIpc) is 2.54. The Morgan fingerprint density at radius 3 is 2.31 bits per heavy atom. The van der Waals surface area contributed by atoms with Crippen LogP contribution in [0.5, 0.6) is 0 Å². The third-order valence-electron chi connectivity index (χ3n) is 2.85.